The molecule has 1 radical (unpaired) electrons. The fraction of sp³-hybridized carbons (Fsp3) is 0.750. The Kier molecular flexibility index (Phi) is 36.8. The molecule has 0 aliphatic heterocycles. The van der Waals surface area contributed by atoms with Crippen LogP contribution in [0.2, 0.25) is 0 Å². The van der Waals surface area contributed by atoms with Crippen LogP contribution >= 0.6 is 0 Å². The smallest absolute Gasteiger partial charge is 1.00 e. The maximum Gasteiger partial charge on any atom is 3.00 e. The first kappa shape index (κ1) is 22.4. The number of hydrogen-bond donors (Lipinski definition) is 0. The van der Waals surface area contributed by atoms with E-state index in [0.29, 0.717) is 0 Å². The number of halogens is 1. The van der Waals surface area contributed by atoms with E-state index in [4.69, 9.17) is 0 Å². The molecule has 0 saturated heterocycles. The van der Waals surface area contributed by atoms with Crippen molar-refractivity contribution < 1.29 is 29.8 Å². The van der Waals surface area contributed by atoms with Gasteiger partial charge in [0, 0.05) is 0 Å². The fourth-order valence-corrected chi connectivity index (χ4v) is 0. The van der Waals surface area contributed by atoms with Gasteiger partial charge in [0.15, 0.2) is 0 Å². The van der Waals surface area contributed by atoms with Gasteiger partial charge in [0.25, 0.3) is 0 Å². The normalized spacial score (nSPS) is 7.20. The van der Waals surface area contributed by atoms with Gasteiger partial charge in [-0.2, -0.15) is 41.5 Å². The van der Waals surface area contributed by atoms with Gasteiger partial charge in [0.2, 0.25) is 0 Å². The van der Waals surface area contributed by atoms with Crippen LogP contribution in [-0.2, 0) is 17.4 Å². The molecule has 0 aliphatic carbocycles. The largest absolute Gasteiger partial charge is 3.00 e. The molecule has 0 bridgehead atoms. The summed E-state index contributed by atoms with van der Waals surface area (Å²) < 4.78 is 0. The topological polar surface area (TPSA) is 0 Å². The molecule has 63 valence electrons. The van der Waals surface area contributed by atoms with Crippen molar-refractivity contribution in [3.8, 4) is 0 Å². The fourth-order valence-electron chi connectivity index (χ4n) is 0. The summed E-state index contributed by atoms with van der Waals surface area (Å²) in [6.07, 6.45) is 0. The van der Waals surface area contributed by atoms with Crippen LogP contribution in [0.15, 0.2) is 0 Å². The summed E-state index contributed by atoms with van der Waals surface area (Å²) in [5, 5.41) is 0. The molecule has 0 aromatic rings. The molecular weight excluding hydrogens is 184 g/mol. The van der Waals surface area contributed by atoms with E-state index >= 15 is 0 Å². The van der Waals surface area contributed by atoms with Crippen LogP contribution in [-0.4, -0.2) is 0 Å². The Bertz CT molecular complexity index is 24.7. The minimum Gasteiger partial charge on any atom is -1.00 e. The van der Waals surface area contributed by atoms with E-state index in [0.717, 1.165) is 0 Å². The molecule has 0 fully saturated rings. The van der Waals surface area contributed by atoms with Crippen molar-refractivity contribution in [1.29, 1.82) is 0 Å². The van der Waals surface area contributed by atoms with Crippen LogP contribution in [0, 0.1) is 11.8 Å². The van der Waals surface area contributed by atoms with Crippen molar-refractivity contribution in [2.75, 3.05) is 0 Å². The molecule has 2 heteroatoms. The maximum atomic E-state index is 2.08. The van der Waals surface area contributed by atoms with Gasteiger partial charge in [-0.1, -0.05) is 0 Å². The second kappa shape index (κ2) is 16.4. The van der Waals surface area contributed by atoms with Gasteiger partial charge in [-0.25, -0.2) is 0 Å². The van der Waals surface area contributed by atoms with Gasteiger partial charge < -0.3 is 24.2 Å². The number of hydrogen-bond acceptors (Lipinski definition) is 0. The monoisotopic (exact) mass is 201 g/mol. The average Bonchev–Trinajstić information content (AvgIpc) is 1.25. The van der Waals surface area contributed by atoms with Gasteiger partial charge in [0.05, 0.1) is 0 Å². The Morgan fingerprint density at radius 2 is 0.600 bits per heavy atom. The Labute approximate surface area is 83.3 Å². The van der Waals surface area contributed by atoms with E-state index in [1.54, 1.807) is 0 Å². The van der Waals surface area contributed by atoms with Crippen LogP contribution < -0.4 is 12.4 Å². The average molecular weight is 202 g/mol. The third-order valence-corrected chi connectivity index (χ3v) is 0. The summed E-state index contributed by atoms with van der Waals surface area (Å²) >= 11 is 0. The van der Waals surface area contributed by atoms with E-state index in [2.05, 4.69) is 41.5 Å². The zero-order valence-electron chi connectivity index (χ0n) is 7.79. The molecule has 0 N–H and O–H groups in total. The van der Waals surface area contributed by atoms with Crippen LogP contribution in [0.3, 0.4) is 0 Å². The first-order valence-electron chi connectivity index (χ1n) is 3.00. The third kappa shape index (κ3) is 798. The molecule has 0 aromatic carbocycles. The summed E-state index contributed by atoms with van der Waals surface area (Å²) in [7, 11) is 0. The van der Waals surface area contributed by atoms with E-state index in [1.165, 1.54) is 11.8 Å². The molecule has 0 saturated carbocycles. The van der Waals surface area contributed by atoms with Crippen molar-refractivity contribution in [2.24, 2.45) is 0 Å². The molecule has 0 heterocycles. The van der Waals surface area contributed by atoms with Gasteiger partial charge >= 0.3 is 17.4 Å². The minimum atomic E-state index is 0. The Hall–Kier alpha value is 0.822. The molecule has 0 nitrogen and oxygen atoms in total. The van der Waals surface area contributed by atoms with Crippen LogP contribution in [0.25, 0.3) is 0 Å². The second-order valence-electron chi connectivity index (χ2n) is 3.00. The van der Waals surface area contributed by atoms with Gasteiger partial charge in [-0.05, 0) is 0 Å². The maximum absolute atomic E-state index is 2.08. The van der Waals surface area contributed by atoms with Gasteiger partial charge in [0.1, 0.15) is 0 Å². The Morgan fingerprint density at radius 1 is 0.600 bits per heavy atom. The molecule has 0 amide bonds. The van der Waals surface area contributed by atoms with Crippen LogP contribution in [0.5, 0.6) is 0 Å². The molecule has 0 atom stereocenters. The Morgan fingerprint density at radius 3 is 0.600 bits per heavy atom. The quantitative estimate of drug-likeness (QED) is 0.493. The van der Waals surface area contributed by atoms with E-state index in [9.17, 15) is 0 Å². The van der Waals surface area contributed by atoms with Crippen molar-refractivity contribution in [3.63, 3.8) is 0 Å². The van der Waals surface area contributed by atoms with Gasteiger partial charge in [-0.15, -0.1) is 0 Å². The van der Waals surface area contributed by atoms with E-state index < -0.39 is 0 Å². The second-order valence-corrected chi connectivity index (χ2v) is 3.00. The SMILES string of the molecule is C[C-](C)C.C[C-](C)C.[Cl-].[Cr+3]. The molecular formula is C8H18ClCr. The van der Waals surface area contributed by atoms with Crippen molar-refractivity contribution in [1.82, 2.24) is 0 Å². The zero-order chi connectivity index (χ0) is 7.15. The van der Waals surface area contributed by atoms with Crippen molar-refractivity contribution in [2.45, 2.75) is 41.5 Å². The summed E-state index contributed by atoms with van der Waals surface area (Å²) in [6.45, 7) is 12.5. The molecule has 0 aliphatic rings. The van der Waals surface area contributed by atoms with E-state index in [1.807, 2.05) is 0 Å². The summed E-state index contributed by atoms with van der Waals surface area (Å²) in [5.74, 6) is 2.83. The van der Waals surface area contributed by atoms with Gasteiger partial charge in [-0.3, -0.25) is 0 Å². The van der Waals surface area contributed by atoms with Crippen LogP contribution in [0.4, 0.5) is 0 Å². The predicted octanol–water partition coefficient (Wildman–Crippen LogP) is 0.243. The first-order valence-corrected chi connectivity index (χ1v) is 3.00. The van der Waals surface area contributed by atoms with E-state index in [-0.39, 0.29) is 29.8 Å². The minimum absolute atomic E-state index is 0. The van der Waals surface area contributed by atoms with Crippen molar-refractivity contribution in [3.05, 3.63) is 11.8 Å². The molecule has 10 heavy (non-hydrogen) atoms. The molecule has 0 rings (SSSR count). The Balaban J connectivity index is -0.0000000300. The molecule has 0 unspecified atom stereocenters. The first-order chi connectivity index (χ1) is 3.46. The van der Waals surface area contributed by atoms with Crippen molar-refractivity contribution >= 4 is 0 Å². The standard InChI is InChI=1S/2C4H9.ClH.Cr/c2*1-4(2)3;;/h2*1-3H3;1H;/q2*-1;;+3/p-1. The summed E-state index contributed by atoms with van der Waals surface area (Å²) in [5.41, 5.74) is 0. The molecule has 0 aromatic heterocycles. The zero-order valence-corrected chi connectivity index (χ0v) is 9.82. The van der Waals surface area contributed by atoms with Crippen LogP contribution in [0.1, 0.15) is 41.5 Å². The third-order valence-electron chi connectivity index (χ3n) is 0. The summed E-state index contributed by atoms with van der Waals surface area (Å²) in [4.78, 5) is 0. The molecule has 0 spiro atoms. The predicted molar refractivity (Wildman–Crippen MR) is 40.5 cm³/mol. The summed E-state index contributed by atoms with van der Waals surface area (Å²) in [6, 6.07) is 0. The number of rotatable bonds is 0.